The number of carbonyl (C=O) groups is 3. The molecule has 0 aliphatic heterocycles. The molecular weight excluding hydrogens is 793 g/mol. The van der Waals surface area contributed by atoms with Crippen LogP contribution in [-0.4, -0.2) is 37.2 Å². The Morgan fingerprint density at radius 1 is 0.297 bits per heavy atom. The van der Waals surface area contributed by atoms with E-state index < -0.39 is 6.10 Å². The highest BCUT2D eigenvalue weighted by molar-refractivity contribution is 5.71. The van der Waals surface area contributed by atoms with Gasteiger partial charge in [0.15, 0.2) is 6.10 Å². The van der Waals surface area contributed by atoms with Gasteiger partial charge in [-0.1, -0.05) is 270 Å². The third-order valence-electron chi connectivity index (χ3n) is 13.0. The van der Waals surface area contributed by atoms with E-state index in [-0.39, 0.29) is 31.1 Å². The number of hydrogen-bond acceptors (Lipinski definition) is 6. The molecule has 1 atom stereocenters. The number of hydrogen-bond donors (Lipinski definition) is 0. The van der Waals surface area contributed by atoms with Crippen molar-refractivity contribution >= 4 is 17.9 Å². The fourth-order valence-corrected chi connectivity index (χ4v) is 8.68. The summed E-state index contributed by atoms with van der Waals surface area (Å²) in [5, 5.41) is 0. The van der Waals surface area contributed by atoms with E-state index in [2.05, 4.69) is 32.9 Å². The minimum Gasteiger partial charge on any atom is -0.462 e. The second-order valence-electron chi connectivity index (χ2n) is 19.6. The molecule has 0 aromatic heterocycles. The second-order valence-corrected chi connectivity index (χ2v) is 19.6. The van der Waals surface area contributed by atoms with Gasteiger partial charge < -0.3 is 14.2 Å². The van der Waals surface area contributed by atoms with Crippen LogP contribution in [0.4, 0.5) is 0 Å². The lowest BCUT2D eigenvalue weighted by Gasteiger charge is -2.18. The molecule has 0 aliphatic carbocycles. The van der Waals surface area contributed by atoms with Crippen molar-refractivity contribution in [3.05, 3.63) is 12.2 Å². The second kappa shape index (κ2) is 53.8. The molecule has 0 saturated carbocycles. The lowest BCUT2D eigenvalue weighted by Crippen LogP contribution is -2.30. The van der Waals surface area contributed by atoms with E-state index in [1.165, 1.54) is 225 Å². The summed E-state index contributed by atoms with van der Waals surface area (Å²) in [5.41, 5.74) is 0. The molecule has 6 heteroatoms. The Hall–Kier alpha value is -1.85. The Morgan fingerprint density at radius 3 is 0.781 bits per heavy atom. The molecule has 0 N–H and O–H groups in total. The van der Waals surface area contributed by atoms with Crippen LogP contribution >= 0.6 is 0 Å². The van der Waals surface area contributed by atoms with Gasteiger partial charge in [0.05, 0.1) is 0 Å². The van der Waals surface area contributed by atoms with Crippen LogP contribution in [-0.2, 0) is 28.6 Å². The number of allylic oxidation sites excluding steroid dienone is 2. The largest absolute Gasteiger partial charge is 0.462 e. The maximum Gasteiger partial charge on any atom is 0.306 e. The molecule has 0 fully saturated rings. The van der Waals surface area contributed by atoms with Crippen LogP contribution in [0.3, 0.4) is 0 Å². The van der Waals surface area contributed by atoms with Crippen LogP contribution < -0.4 is 0 Å². The third-order valence-corrected chi connectivity index (χ3v) is 13.0. The molecule has 0 rings (SSSR count). The highest BCUT2D eigenvalue weighted by Crippen LogP contribution is 2.17. The van der Waals surface area contributed by atoms with Gasteiger partial charge in [-0.25, -0.2) is 0 Å². The Balaban J connectivity index is 4.31. The molecule has 0 aromatic rings. The van der Waals surface area contributed by atoms with Crippen molar-refractivity contribution in [3.8, 4) is 0 Å². The van der Waals surface area contributed by atoms with Crippen molar-refractivity contribution in [3.63, 3.8) is 0 Å². The number of carbonyl (C=O) groups excluding carboxylic acids is 3. The van der Waals surface area contributed by atoms with Crippen molar-refractivity contribution in [1.82, 2.24) is 0 Å². The van der Waals surface area contributed by atoms with E-state index in [1.54, 1.807) is 0 Å². The first-order valence-electron chi connectivity index (χ1n) is 28.7. The van der Waals surface area contributed by atoms with Gasteiger partial charge in [-0.05, 0) is 44.9 Å². The molecule has 1 unspecified atom stereocenters. The Bertz CT molecular complexity index is 993. The Labute approximate surface area is 399 Å². The summed E-state index contributed by atoms with van der Waals surface area (Å²) < 4.78 is 16.9. The molecule has 6 nitrogen and oxygen atoms in total. The predicted molar refractivity (Wildman–Crippen MR) is 275 cm³/mol. The van der Waals surface area contributed by atoms with Crippen LogP contribution in [0.1, 0.15) is 323 Å². The first-order valence-corrected chi connectivity index (χ1v) is 28.7. The van der Waals surface area contributed by atoms with Crippen molar-refractivity contribution in [2.45, 2.75) is 329 Å². The summed E-state index contributed by atoms with van der Waals surface area (Å²) in [6.45, 7) is 6.69. The fourth-order valence-electron chi connectivity index (χ4n) is 8.68. The zero-order chi connectivity index (χ0) is 46.5. The van der Waals surface area contributed by atoms with Crippen molar-refractivity contribution in [2.24, 2.45) is 0 Å². The molecular formula is C58H110O6. The van der Waals surface area contributed by atoms with Gasteiger partial charge in [-0.2, -0.15) is 0 Å². The first kappa shape index (κ1) is 62.1. The maximum absolute atomic E-state index is 12.8. The van der Waals surface area contributed by atoms with Gasteiger partial charge in [-0.15, -0.1) is 0 Å². The van der Waals surface area contributed by atoms with E-state index in [0.29, 0.717) is 19.3 Å². The maximum atomic E-state index is 12.8. The van der Waals surface area contributed by atoms with Crippen molar-refractivity contribution < 1.29 is 28.6 Å². The summed E-state index contributed by atoms with van der Waals surface area (Å²) in [7, 11) is 0. The third kappa shape index (κ3) is 51.1. The molecule has 0 heterocycles. The topological polar surface area (TPSA) is 78.9 Å². The van der Waals surface area contributed by atoms with Crippen LogP contribution in [0.15, 0.2) is 12.2 Å². The molecule has 0 aliphatic rings. The monoisotopic (exact) mass is 903 g/mol. The minimum absolute atomic E-state index is 0.0652. The summed E-state index contributed by atoms with van der Waals surface area (Å²) in [6.07, 6.45) is 60.5. The summed E-state index contributed by atoms with van der Waals surface area (Å²) in [6, 6.07) is 0. The van der Waals surface area contributed by atoms with E-state index >= 15 is 0 Å². The normalized spacial score (nSPS) is 12.0. The zero-order valence-corrected chi connectivity index (χ0v) is 43.3. The summed E-state index contributed by atoms with van der Waals surface area (Å²) >= 11 is 0. The van der Waals surface area contributed by atoms with Crippen molar-refractivity contribution in [1.29, 1.82) is 0 Å². The van der Waals surface area contributed by atoms with Gasteiger partial charge >= 0.3 is 17.9 Å². The van der Waals surface area contributed by atoms with Crippen LogP contribution in [0.2, 0.25) is 0 Å². The van der Waals surface area contributed by atoms with Crippen LogP contribution in [0, 0.1) is 0 Å². The number of esters is 3. The molecule has 0 saturated heterocycles. The molecule has 0 aromatic carbocycles. The average molecular weight is 904 g/mol. The zero-order valence-electron chi connectivity index (χ0n) is 43.3. The van der Waals surface area contributed by atoms with E-state index in [1.807, 2.05) is 0 Å². The summed E-state index contributed by atoms with van der Waals surface area (Å²) in [4.78, 5) is 38.1. The van der Waals surface area contributed by atoms with Crippen molar-refractivity contribution in [2.75, 3.05) is 13.2 Å². The SMILES string of the molecule is CCCCCCCC/C=C\CCCCCCCCCC(=O)OCC(COC(=O)CCCCCCCCCCCCCCCC)OC(=O)CCCCCCCCCCCCCCCCC. The van der Waals surface area contributed by atoms with Crippen LogP contribution in [0.5, 0.6) is 0 Å². The molecule has 378 valence electrons. The van der Waals surface area contributed by atoms with Gasteiger partial charge in [-0.3, -0.25) is 14.4 Å². The number of unbranched alkanes of at least 4 members (excludes halogenated alkanes) is 40. The predicted octanol–water partition coefficient (Wildman–Crippen LogP) is 18.9. The van der Waals surface area contributed by atoms with Crippen LogP contribution in [0.25, 0.3) is 0 Å². The standard InChI is InChI=1S/C58H110O6/c1-4-7-10-13-16-19-22-25-28-29-31-33-36-39-42-45-48-51-57(60)63-54-55(53-62-56(59)50-47-44-41-38-35-32-27-24-21-18-15-12-9-6-3)64-58(61)52-49-46-43-40-37-34-30-26-23-20-17-14-11-8-5-2/h25,28,55H,4-24,26-27,29-54H2,1-3H3/b28-25-. The van der Waals surface area contributed by atoms with E-state index in [9.17, 15) is 14.4 Å². The highest BCUT2D eigenvalue weighted by Gasteiger charge is 2.19. The van der Waals surface area contributed by atoms with Gasteiger partial charge in [0, 0.05) is 19.3 Å². The first-order chi connectivity index (χ1) is 31.5. The highest BCUT2D eigenvalue weighted by atomic mass is 16.6. The average Bonchev–Trinajstić information content (AvgIpc) is 3.29. The molecule has 0 amide bonds. The smallest absolute Gasteiger partial charge is 0.306 e. The fraction of sp³-hybridized carbons (Fsp3) is 0.914. The van der Waals surface area contributed by atoms with Gasteiger partial charge in [0.25, 0.3) is 0 Å². The Morgan fingerprint density at radius 2 is 0.516 bits per heavy atom. The Kier molecular flexibility index (Phi) is 52.2. The van der Waals surface area contributed by atoms with Gasteiger partial charge in [0.2, 0.25) is 0 Å². The summed E-state index contributed by atoms with van der Waals surface area (Å²) in [5.74, 6) is -0.846. The quantitative estimate of drug-likeness (QED) is 0.0262. The molecule has 0 spiro atoms. The lowest BCUT2D eigenvalue weighted by atomic mass is 10.0. The van der Waals surface area contributed by atoms with E-state index in [4.69, 9.17) is 14.2 Å². The number of rotatable bonds is 53. The molecule has 64 heavy (non-hydrogen) atoms. The minimum atomic E-state index is -0.765. The number of ether oxygens (including phenoxy) is 3. The van der Waals surface area contributed by atoms with Gasteiger partial charge in [0.1, 0.15) is 13.2 Å². The lowest BCUT2D eigenvalue weighted by molar-refractivity contribution is -0.167. The van der Waals surface area contributed by atoms with E-state index in [0.717, 1.165) is 57.8 Å². The molecule has 0 radical (unpaired) electrons. The molecule has 0 bridgehead atoms.